The highest BCUT2D eigenvalue weighted by atomic mass is 79.9. The van der Waals surface area contributed by atoms with Gasteiger partial charge in [-0.25, -0.2) is 4.98 Å². The third-order valence-electron chi connectivity index (χ3n) is 2.81. The molecule has 0 saturated heterocycles. The van der Waals surface area contributed by atoms with Crippen LogP contribution in [0.3, 0.4) is 0 Å². The molecular weight excluding hydrogens is 382 g/mol. The second kappa shape index (κ2) is 7.97. The molecule has 0 unspecified atom stereocenters. The fourth-order valence-corrected chi connectivity index (χ4v) is 1.91. The standard InChI is InChI=1S/C15H13N3.2BrH/c1-2-4-13(5-3-1)10-14-11-15(6-7-17-14)18-9-8-16-12-18;;/h1-4,6-12H,5H2;2*1H. The molecule has 0 aromatic carbocycles. The van der Waals surface area contributed by atoms with Gasteiger partial charge in [-0.3, -0.25) is 4.98 Å². The van der Waals surface area contributed by atoms with E-state index in [1.165, 1.54) is 5.57 Å². The summed E-state index contributed by atoms with van der Waals surface area (Å²) in [6.07, 6.45) is 18.8. The fourth-order valence-electron chi connectivity index (χ4n) is 1.91. The molecule has 3 nitrogen and oxygen atoms in total. The first-order chi connectivity index (χ1) is 8.92. The maximum absolute atomic E-state index is 4.38. The number of nitrogens with zero attached hydrogens (tertiary/aromatic N) is 3. The van der Waals surface area contributed by atoms with E-state index in [0.29, 0.717) is 0 Å². The van der Waals surface area contributed by atoms with E-state index in [-0.39, 0.29) is 34.0 Å². The number of halogens is 2. The van der Waals surface area contributed by atoms with E-state index in [4.69, 9.17) is 0 Å². The van der Waals surface area contributed by atoms with Crippen LogP contribution >= 0.6 is 34.0 Å². The van der Waals surface area contributed by atoms with Gasteiger partial charge in [0.25, 0.3) is 0 Å². The van der Waals surface area contributed by atoms with Crippen molar-refractivity contribution in [3.63, 3.8) is 0 Å². The number of allylic oxidation sites excluding steroid dienone is 5. The molecule has 0 saturated carbocycles. The zero-order valence-corrected chi connectivity index (χ0v) is 14.1. The Morgan fingerprint density at radius 2 is 2.05 bits per heavy atom. The lowest BCUT2D eigenvalue weighted by Gasteiger charge is -2.04. The summed E-state index contributed by atoms with van der Waals surface area (Å²) in [5, 5.41) is 0. The lowest BCUT2D eigenvalue weighted by atomic mass is 10.1. The van der Waals surface area contributed by atoms with Gasteiger partial charge in [0.2, 0.25) is 0 Å². The molecule has 20 heavy (non-hydrogen) atoms. The summed E-state index contributed by atoms with van der Waals surface area (Å²) in [4.78, 5) is 8.43. The molecule has 1 aliphatic carbocycles. The average molecular weight is 397 g/mol. The fraction of sp³-hybridized carbons (Fsp3) is 0.0667. The van der Waals surface area contributed by atoms with Gasteiger partial charge in [-0.05, 0) is 30.2 Å². The first-order valence-electron chi connectivity index (χ1n) is 5.90. The van der Waals surface area contributed by atoms with E-state index in [9.17, 15) is 0 Å². The second-order valence-corrected chi connectivity index (χ2v) is 4.12. The summed E-state index contributed by atoms with van der Waals surface area (Å²) in [5.41, 5.74) is 3.31. The molecule has 0 aliphatic heterocycles. The van der Waals surface area contributed by atoms with Crippen LogP contribution in [0.4, 0.5) is 0 Å². The summed E-state index contributed by atoms with van der Waals surface area (Å²) in [5.74, 6) is 0. The summed E-state index contributed by atoms with van der Waals surface area (Å²) in [6.45, 7) is 0. The number of hydrogen-bond acceptors (Lipinski definition) is 2. The minimum Gasteiger partial charge on any atom is -0.306 e. The molecule has 1 aliphatic rings. The topological polar surface area (TPSA) is 30.7 Å². The van der Waals surface area contributed by atoms with E-state index in [2.05, 4.69) is 46.4 Å². The molecule has 0 bridgehead atoms. The van der Waals surface area contributed by atoms with Crippen molar-refractivity contribution in [3.05, 3.63) is 72.6 Å². The number of hydrogen-bond donors (Lipinski definition) is 0. The molecule has 0 atom stereocenters. The van der Waals surface area contributed by atoms with Crippen molar-refractivity contribution in [2.75, 3.05) is 0 Å². The Balaban J connectivity index is 0.000001000. The number of aromatic nitrogens is 3. The molecule has 0 spiro atoms. The van der Waals surface area contributed by atoms with Gasteiger partial charge in [-0.15, -0.1) is 34.0 Å². The van der Waals surface area contributed by atoms with Gasteiger partial charge < -0.3 is 4.57 Å². The van der Waals surface area contributed by atoms with Crippen molar-refractivity contribution >= 4 is 40.0 Å². The summed E-state index contributed by atoms with van der Waals surface area (Å²) in [6, 6.07) is 4.03. The van der Waals surface area contributed by atoms with Crippen molar-refractivity contribution in [2.45, 2.75) is 6.42 Å². The van der Waals surface area contributed by atoms with Gasteiger partial charge in [0, 0.05) is 18.6 Å². The molecule has 0 radical (unpaired) electrons. The number of rotatable bonds is 2. The first kappa shape index (κ1) is 16.6. The maximum atomic E-state index is 4.38. The Hall–Kier alpha value is -1.46. The van der Waals surface area contributed by atoms with Crippen LogP contribution in [0.25, 0.3) is 11.8 Å². The van der Waals surface area contributed by atoms with Crippen LogP contribution in [0.2, 0.25) is 0 Å². The molecular formula is C15H15Br2N3. The molecule has 0 amide bonds. The Morgan fingerprint density at radius 3 is 2.75 bits per heavy atom. The summed E-state index contributed by atoms with van der Waals surface area (Å²) in [7, 11) is 0. The average Bonchev–Trinajstić information content (AvgIpc) is 2.94. The second-order valence-electron chi connectivity index (χ2n) is 4.12. The smallest absolute Gasteiger partial charge is 0.0991 e. The zero-order valence-electron chi connectivity index (χ0n) is 10.7. The highest BCUT2D eigenvalue weighted by Gasteiger charge is 1.99. The SMILES string of the molecule is Br.Br.C1=CCC(=Cc2cc(-n3ccnc3)ccn2)C=C1. The predicted molar refractivity (Wildman–Crippen MR) is 92.9 cm³/mol. The van der Waals surface area contributed by atoms with E-state index in [1.54, 1.807) is 12.5 Å². The van der Waals surface area contributed by atoms with E-state index in [1.807, 2.05) is 23.0 Å². The predicted octanol–water partition coefficient (Wildman–Crippen LogP) is 4.32. The third-order valence-corrected chi connectivity index (χ3v) is 2.81. The van der Waals surface area contributed by atoms with Gasteiger partial charge in [-0.1, -0.05) is 24.3 Å². The summed E-state index contributed by atoms with van der Waals surface area (Å²) >= 11 is 0. The highest BCUT2D eigenvalue weighted by molar-refractivity contribution is 8.93. The zero-order chi connectivity index (χ0) is 12.2. The van der Waals surface area contributed by atoms with Crippen LogP contribution in [-0.4, -0.2) is 14.5 Å². The van der Waals surface area contributed by atoms with Crippen LogP contribution in [0.5, 0.6) is 0 Å². The minimum atomic E-state index is 0. The number of pyridine rings is 1. The molecule has 5 heteroatoms. The largest absolute Gasteiger partial charge is 0.306 e. The van der Waals surface area contributed by atoms with Gasteiger partial charge in [0.05, 0.1) is 17.7 Å². The third kappa shape index (κ3) is 4.02. The van der Waals surface area contributed by atoms with Crippen LogP contribution in [0, 0.1) is 0 Å². The summed E-state index contributed by atoms with van der Waals surface area (Å²) < 4.78 is 1.97. The van der Waals surface area contributed by atoms with Gasteiger partial charge >= 0.3 is 0 Å². The van der Waals surface area contributed by atoms with Crippen molar-refractivity contribution in [2.24, 2.45) is 0 Å². The van der Waals surface area contributed by atoms with Crippen LogP contribution in [-0.2, 0) is 0 Å². The Morgan fingerprint density at radius 1 is 1.15 bits per heavy atom. The number of imidazole rings is 1. The van der Waals surface area contributed by atoms with Gasteiger partial charge in [-0.2, -0.15) is 0 Å². The van der Waals surface area contributed by atoms with E-state index < -0.39 is 0 Å². The van der Waals surface area contributed by atoms with Crippen molar-refractivity contribution < 1.29 is 0 Å². The quantitative estimate of drug-likeness (QED) is 0.756. The maximum Gasteiger partial charge on any atom is 0.0991 e. The Labute approximate surface area is 139 Å². The van der Waals surface area contributed by atoms with Crippen molar-refractivity contribution in [3.8, 4) is 5.69 Å². The molecule has 104 valence electrons. The first-order valence-corrected chi connectivity index (χ1v) is 5.90. The monoisotopic (exact) mass is 395 g/mol. The molecule has 0 fully saturated rings. The molecule has 0 N–H and O–H groups in total. The van der Waals surface area contributed by atoms with E-state index in [0.717, 1.165) is 17.8 Å². The molecule has 2 aromatic heterocycles. The normalized spacial score (nSPS) is 14.7. The Bertz CT molecular complexity index is 628. The van der Waals surface area contributed by atoms with Crippen LogP contribution in [0.1, 0.15) is 12.1 Å². The lowest BCUT2D eigenvalue weighted by molar-refractivity contribution is 1.04. The van der Waals surface area contributed by atoms with Crippen molar-refractivity contribution in [1.29, 1.82) is 0 Å². The van der Waals surface area contributed by atoms with Crippen molar-refractivity contribution in [1.82, 2.24) is 14.5 Å². The highest BCUT2D eigenvalue weighted by Crippen LogP contribution is 2.15. The van der Waals surface area contributed by atoms with E-state index >= 15 is 0 Å². The molecule has 3 rings (SSSR count). The Kier molecular flexibility index (Phi) is 6.61. The van der Waals surface area contributed by atoms with Crippen LogP contribution in [0.15, 0.2) is 66.9 Å². The molecule has 2 aromatic rings. The van der Waals surface area contributed by atoms with Gasteiger partial charge in [0.15, 0.2) is 0 Å². The molecule has 2 heterocycles. The van der Waals surface area contributed by atoms with Gasteiger partial charge in [0.1, 0.15) is 0 Å². The lowest BCUT2D eigenvalue weighted by Crippen LogP contribution is -1.92. The minimum absolute atomic E-state index is 0. The van der Waals surface area contributed by atoms with Crippen LogP contribution < -0.4 is 0 Å².